The van der Waals surface area contributed by atoms with Crippen LogP contribution in [0, 0.1) is 11.3 Å². The van der Waals surface area contributed by atoms with Crippen LogP contribution in [0.1, 0.15) is 24.5 Å². The molecule has 3 nitrogen and oxygen atoms in total. The van der Waals surface area contributed by atoms with Gasteiger partial charge in [0.15, 0.2) is 0 Å². The maximum atomic E-state index is 9.12. The number of hydrogen-bond acceptors (Lipinski definition) is 3. The summed E-state index contributed by atoms with van der Waals surface area (Å²) in [6.07, 6.45) is 11.9. The topological polar surface area (TPSA) is 62.2 Å². The van der Waals surface area contributed by atoms with Crippen LogP contribution in [0.2, 0.25) is 0 Å². The molecule has 0 saturated heterocycles. The molecule has 3 aromatic rings. The summed E-state index contributed by atoms with van der Waals surface area (Å²) in [5.41, 5.74) is 11.4. The van der Waals surface area contributed by atoms with Gasteiger partial charge in [0.25, 0.3) is 0 Å². The van der Waals surface area contributed by atoms with Gasteiger partial charge in [-0.1, -0.05) is 86.3 Å². The summed E-state index contributed by atoms with van der Waals surface area (Å²) in [7, 11) is 0. The molecule has 1 heterocycles. The van der Waals surface area contributed by atoms with E-state index in [4.69, 9.17) is 11.0 Å². The van der Waals surface area contributed by atoms with E-state index in [2.05, 4.69) is 54.9 Å². The molecule has 4 rings (SSSR count). The molecule has 2 N–H and O–H groups in total. The molecule has 0 fully saturated rings. The van der Waals surface area contributed by atoms with E-state index in [0.717, 1.165) is 35.1 Å². The second kappa shape index (κ2) is 12.6. The monoisotopic (exact) mass is 443 g/mol. The molecule has 0 radical (unpaired) electrons. The van der Waals surface area contributed by atoms with Crippen molar-refractivity contribution in [1.29, 1.82) is 5.26 Å². The van der Waals surface area contributed by atoms with E-state index in [-0.39, 0.29) is 0 Å². The van der Waals surface area contributed by atoms with Crippen LogP contribution >= 0.6 is 0 Å². The summed E-state index contributed by atoms with van der Waals surface area (Å²) in [5, 5.41) is 11.4. The van der Waals surface area contributed by atoms with Gasteiger partial charge in [-0.05, 0) is 66.0 Å². The molecule has 0 unspecified atom stereocenters. The number of fused-ring (bicyclic) bond motifs is 1. The van der Waals surface area contributed by atoms with Crippen LogP contribution in [0.5, 0.6) is 0 Å². The lowest BCUT2D eigenvalue weighted by atomic mass is 9.99. The van der Waals surface area contributed by atoms with Crippen molar-refractivity contribution in [2.45, 2.75) is 19.8 Å². The maximum Gasteiger partial charge on any atom is 0.0991 e. The van der Waals surface area contributed by atoms with E-state index in [1.807, 2.05) is 72.8 Å². The summed E-state index contributed by atoms with van der Waals surface area (Å²) in [6, 6.07) is 27.6. The SMILES string of the molecule is C=C\C=C/C(=C\C(=C/C1=c2ccccc2=N1)CC)Cc1cccc(C#N)c1.Nc1ccccc1. The first-order chi connectivity index (χ1) is 16.6. The molecule has 0 aromatic heterocycles. The average Bonchev–Trinajstić information content (AvgIpc) is 2.86. The lowest BCUT2D eigenvalue weighted by Gasteiger charge is -2.09. The molecule has 1 aliphatic heterocycles. The van der Waals surface area contributed by atoms with Crippen molar-refractivity contribution in [2.75, 3.05) is 5.73 Å². The zero-order valence-corrected chi connectivity index (χ0v) is 19.5. The second-order valence-corrected chi connectivity index (χ2v) is 7.80. The van der Waals surface area contributed by atoms with Crippen LogP contribution in [0.15, 0.2) is 132 Å². The van der Waals surface area contributed by atoms with Gasteiger partial charge < -0.3 is 5.73 Å². The fourth-order valence-electron chi connectivity index (χ4n) is 3.48. The molecule has 0 amide bonds. The molecule has 34 heavy (non-hydrogen) atoms. The Morgan fingerprint density at radius 1 is 1.00 bits per heavy atom. The molecule has 0 spiro atoms. The maximum absolute atomic E-state index is 9.12. The van der Waals surface area contributed by atoms with E-state index in [1.165, 1.54) is 16.4 Å². The summed E-state index contributed by atoms with van der Waals surface area (Å²) in [4.78, 5) is 4.59. The summed E-state index contributed by atoms with van der Waals surface area (Å²) in [6.45, 7) is 5.92. The number of rotatable bonds is 7. The third kappa shape index (κ3) is 7.05. The normalized spacial score (nSPS) is 12.5. The number of nitrogens with two attached hydrogens (primary N) is 1. The summed E-state index contributed by atoms with van der Waals surface area (Å²) < 4.78 is 0. The minimum Gasteiger partial charge on any atom is -0.399 e. The van der Waals surface area contributed by atoms with Gasteiger partial charge in [0.05, 0.1) is 22.7 Å². The van der Waals surface area contributed by atoms with Crippen molar-refractivity contribution in [2.24, 2.45) is 4.99 Å². The number of nitrogen functional groups attached to an aromatic ring is 1. The highest BCUT2D eigenvalue weighted by atomic mass is 14.8. The standard InChI is InChI=1S/C25H22N2.C6H7N/c1-3-5-9-20(15-21-10-8-11-22(16-21)18-26)14-19(4-2)17-25-23-12-6-7-13-24(23)27-25;7-6-4-2-1-3-5-6/h3,5-14,16-17H,1,4,15H2,2H3;1-5H,7H2/b9-5-,19-17-,20-14+;. The number of hydrogen-bond donors (Lipinski definition) is 1. The molecule has 0 bridgehead atoms. The molecule has 0 aliphatic carbocycles. The highest BCUT2D eigenvalue weighted by Gasteiger charge is 2.06. The summed E-state index contributed by atoms with van der Waals surface area (Å²) >= 11 is 0. The van der Waals surface area contributed by atoms with Gasteiger partial charge in [-0.3, -0.25) is 0 Å². The van der Waals surface area contributed by atoms with Gasteiger partial charge in [0.2, 0.25) is 0 Å². The van der Waals surface area contributed by atoms with Gasteiger partial charge in [-0.2, -0.15) is 5.26 Å². The Bertz CT molecular complexity index is 1380. The predicted octanol–water partition coefficient (Wildman–Crippen LogP) is 5.82. The molecule has 0 saturated carbocycles. The smallest absolute Gasteiger partial charge is 0.0991 e. The van der Waals surface area contributed by atoms with Crippen LogP contribution in [-0.4, -0.2) is 0 Å². The van der Waals surface area contributed by atoms with E-state index in [1.54, 1.807) is 6.08 Å². The molecule has 3 aromatic carbocycles. The molecule has 168 valence electrons. The Hall–Kier alpha value is -4.42. The number of nitriles is 1. The van der Waals surface area contributed by atoms with E-state index in [0.29, 0.717) is 5.56 Å². The Kier molecular flexibility index (Phi) is 8.96. The van der Waals surface area contributed by atoms with Crippen molar-refractivity contribution >= 4 is 11.4 Å². The Morgan fingerprint density at radius 2 is 1.76 bits per heavy atom. The van der Waals surface area contributed by atoms with Crippen molar-refractivity contribution in [3.63, 3.8) is 0 Å². The second-order valence-electron chi connectivity index (χ2n) is 7.80. The zero-order chi connectivity index (χ0) is 24.2. The third-order valence-electron chi connectivity index (χ3n) is 5.23. The summed E-state index contributed by atoms with van der Waals surface area (Å²) in [5.74, 6) is 0. The van der Waals surface area contributed by atoms with Crippen molar-refractivity contribution in [3.8, 4) is 6.07 Å². The van der Waals surface area contributed by atoms with Crippen LogP contribution in [0.3, 0.4) is 0 Å². The van der Waals surface area contributed by atoms with Gasteiger partial charge in [0.1, 0.15) is 0 Å². The largest absolute Gasteiger partial charge is 0.399 e. The number of anilines is 1. The molecular weight excluding hydrogens is 414 g/mol. The molecule has 3 heteroatoms. The van der Waals surface area contributed by atoms with Crippen LogP contribution in [-0.2, 0) is 6.42 Å². The fraction of sp³-hybridized carbons (Fsp3) is 0.0968. The molecule has 1 aliphatic rings. The minimum absolute atomic E-state index is 0.686. The Labute approximate surface area is 201 Å². The lowest BCUT2D eigenvalue weighted by Crippen LogP contribution is -2.33. The highest BCUT2D eigenvalue weighted by Crippen LogP contribution is 2.17. The van der Waals surface area contributed by atoms with E-state index >= 15 is 0 Å². The zero-order valence-electron chi connectivity index (χ0n) is 19.5. The first-order valence-electron chi connectivity index (χ1n) is 11.3. The quantitative estimate of drug-likeness (QED) is 0.370. The van der Waals surface area contributed by atoms with E-state index < -0.39 is 0 Å². The van der Waals surface area contributed by atoms with Crippen molar-refractivity contribution in [1.82, 2.24) is 0 Å². The van der Waals surface area contributed by atoms with Gasteiger partial charge >= 0.3 is 0 Å². The molecule has 0 atom stereocenters. The number of benzene rings is 3. The van der Waals surface area contributed by atoms with Crippen molar-refractivity contribution in [3.05, 3.63) is 149 Å². The number of nitrogens with zero attached hydrogens (tertiary/aromatic N) is 2. The first-order valence-corrected chi connectivity index (χ1v) is 11.3. The lowest BCUT2D eigenvalue weighted by molar-refractivity contribution is 1.11. The van der Waals surface area contributed by atoms with Crippen LogP contribution in [0.4, 0.5) is 5.69 Å². The first kappa shape index (κ1) is 24.2. The number of para-hydroxylation sites is 2. The van der Waals surface area contributed by atoms with Crippen LogP contribution < -0.4 is 16.3 Å². The van der Waals surface area contributed by atoms with Gasteiger partial charge in [-0.15, -0.1) is 0 Å². The molecular formula is C31H29N3. The van der Waals surface area contributed by atoms with E-state index in [9.17, 15) is 0 Å². The average molecular weight is 444 g/mol. The highest BCUT2D eigenvalue weighted by molar-refractivity contribution is 5.62. The Morgan fingerprint density at radius 3 is 2.41 bits per heavy atom. The fourth-order valence-corrected chi connectivity index (χ4v) is 3.48. The van der Waals surface area contributed by atoms with Gasteiger partial charge in [0, 0.05) is 10.9 Å². The third-order valence-corrected chi connectivity index (χ3v) is 5.23. The van der Waals surface area contributed by atoms with Gasteiger partial charge in [-0.25, -0.2) is 4.99 Å². The number of allylic oxidation sites excluding steroid dienone is 6. The van der Waals surface area contributed by atoms with Crippen molar-refractivity contribution < 1.29 is 0 Å². The Balaban J connectivity index is 0.000000396. The predicted molar refractivity (Wildman–Crippen MR) is 142 cm³/mol. The van der Waals surface area contributed by atoms with Crippen LogP contribution in [0.25, 0.3) is 5.70 Å². The minimum atomic E-state index is 0.686.